The van der Waals surface area contributed by atoms with Gasteiger partial charge in [0.05, 0.1) is 6.10 Å². The van der Waals surface area contributed by atoms with E-state index in [0.29, 0.717) is 11.8 Å². The zero-order valence-electron chi connectivity index (χ0n) is 14.4. The molecule has 0 radical (unpaired) electrons. The summed E-state index contributed by atoms with van der Waals surface area (Å²) in [7, 11) is 0. The highest BCUT2D eigenvalue weighted by atomic mass is 16.3. The quantitative estimate of drug-likeness (QED) is 0.807. The number of hydrogen-bond donors (Lipinski definition) is 2. The zero-order chi connectivity index (χ0) is 16.1. The third kappa shape index (κ3) is 2.14. The Kier molecular flexibility index (Phi) is 4.06. The molecule has 0 aromatic heterocycles. The maximum Gasteiger partial charge on any atom is 0.0585 e. The Morgan fingerprint density at radius 1 is 1.32 bits per heavy atom. The lowest BCUT2D eigenvalue weighted by Crippen LogP contribution is -2.59. The van der Waals surface area contributed by atoms with Crippen molar-refractivity contribution in [3.63, 3.8) is 0 Å². The minimum atomic E-state index is -0.289. The summed E-state index contributed by atoms with van der Waals surface area (Å²) < 4.78 is 0. The molecule has 124 valence electrons. The van der Waals surface area contributed by atoms with Gasteiger partial charge < -0.3 is 10.2 Å². The second-order valence-electron chi connectivity index (χ2n) is 8.62. The first-order valence-electron chi connectivity index (χ1n) is 8.98. The van der Waals surface area contributed by atoms with Crippen LogP contribution in [0.2, 0.25) is 0 Å². The monoisotopic (exact) mass is 304 g/mol. The van der Waals surface area contributed by atoms with Crippen LogP contribution in [0.3, 0.4) is 0 Å². The molecule has 2 N–H and O–H groups in total. The zero-order valence-corrected chi connectivity index (χ0v) is 14.4. The minimum absolute atomic E-state index is 0.117. The number of hydrogen-bond acceptors (Lipinski definition) is 2. The SMILES string of the molecule is C=CC1=C(C)[C@@H]2C[C@@H](O)C3[C@](C)(CO)CCC[C@]3(C)[C@H]2CC1. The highest BCUT2D eigenvalue weighted by Gasteiger charge is 2.59. The van der Waals surface area contributed by atoms with Crippen LogP contribution >= 0.6 is 0 Å². The van der Waals surface area contributed by atoms with Crippen LogP contribution in [-0.2, 0) is 0 Å². The average Bonchev–Trinajstić information content (AvgIpc) is 2.48. The molecule has 0 aliphatic heterocycles. The lowest BCUT2D eigenvalue weighted by Gasteiger charge is -2.62. The maximum absolute atomic E-state index is 11.0. The van der Waals surface area contributed by atoms with E-state index >= 15 is 0 Å². The van der Waals surface area contributed by atoms with E-state index in [4.69, 9.17) is 0 Å². The number of allylic oxidation sites excluding steroid dienone is 3. The molecule has 3 aliphatic carbocycles. The molecule has 0 heterocycles. The van der Waals surface area contributed by atoms with Crippen molar-refractivity contribution in [2.24, 2.45) is 28.6 Å². The van der Waals surface area contributed by atoms with Gasteiger partial charge in [0, 0.05) is 6.61 Å². The molecule has 0 aromatic rings. The third-order valence-corrected chi connectivity index (χ3v) is 7.53. The maximum atomic E-state index is 11.0. The Morgan fingerprint density at radius 3 is 2.68 bits per heavy atom. The minimum Gasteiger partial charge on any atom is -0.396 e. The molecule has 0 spiro atoms. The van der Waals surface area contributed by atoms with Gasteiger partial charge in [-0.2, -0.15) is 0 Å². The van der Waals surface area contributed by atoms with Gasteiger partial charge in [-0.1, -0.05) is 38.5 Å². The van der Waals surface area contributed by atoms with Crippen molar-refractivity contribution in [1.82, 2.24) is 0 Å². The first kappa shape index (κ1) is 16.3. The van der Waals surface area contributed by atoms with Gasteiger partial charge in [0.15, 0.2) is 0 Å². The fourth-order valence-corrected chi connectivity index (χ4v) is 6.52. The van der Waals surface area contributed by atoms with Crippen molar-refractivity contribution in [3.05, 3.63) is 23.8 Å². The average molecular weight is 304 g/mol. The second-order valence-corrected chi connectivity index (χ2v) is 8.62. The van der Waals surface area contributed by atoms with E-state index < -0.39 is 0 Å². The normalized spacial score (nSPS) is 48.6. The van der Waals surface area contributed by atoms with Gasteiger partial charge >= 0.3 is 0 Å². The van der Waals surface area contributed by atoms with Gasteiger partial charge in [0.2, 0.25) is 0 Å². The summed E-state index contributed by atoms with van der Waals surface area (Å²) in [5.41, 5.74) is 2.90. The van der Waals surface area contributed by atoms with Crippen LogP contribution in [0.25, 0.3) is 0 Å². The Balaban J connectivity index is 2.02. The van der Waals surface area contributed by atoms with E-state index in [2.05, 4.69) is 27.4 Å². The van der Waals surface area contributed by atoms with Crippen LogP contribution in [0.5, 0.6) is 0 Å². The lowest BCUT2D eigenvalue weighted by molar-refractivity contribution is -0.173. The van der Waals surface area contributed by atoms with Crippen LogP contribution in [0.15, 0.2) is 23.8 Å². The van der Waals surface area contributed by atoms with Gasteiger partial charge in [-0.25, -0.2) is 0 Å². The van der Waals surface area contributed by atoms with Crippen molar-refractivity contribution < 1.29 is 10.2 Å². The standard InChI is InChI=1S/C20H32O2/c1-5-14-7-8-16-15(13(14)2)11-17(22)18-19(3,12-21)9-6-10-20(16,18)4/h5,15-18,21-22H,1,6-12H2,2-4H3/t15-,16-,17+,18?,19-,20+/m0/s1. The van der Waals surface area contributed by atoms with E-state index in [-0.39, 0.29) is 29.5 Å². The molecule has 2 nitrogen and oxygen atoms in total. The summed E-state index contributed by atoms with van der Waals surface area (Å²) in [6, 6.07) is 0. The van der Waals surface area contributed by atoms with Crippen molar-refractivity contribution in [3.8, 4) is 0 Å². The fraction of sp³-hybridized carbons (Fsp3) is 0.800. The number of aliphatic hydroxyl groups is 2. The molecule has 0 bridgehead atoms. The van der Waals surface area contributed by atoms with E-state index in [0.717, 1.165) is 19.3 Å². The van der Waals surface area contributed by atoms with Gasteiger partial charge in [-0.15, -0.1) is 0 Å². The van der Waals surface area contributed by atoms with Crippen molar-refractivity contribution in [1.29, 1.82) is 0 Å². The molecule has 1 unspecified atom stereocenters. The Bertz CT molecular complexity index is 494. The highest BCUT2D eigenvalue weighted by Crippen LogP contribution is 2.64. The van der Waals surface area contributed by atoms with E-state index in [1.165, 1.54) is 30.4 Å². The number of fused-ring (bicyclic) bond motifs is 3. The molecule has 0 aromatic carbocycles. The largest absolute Gasteiger partial charge is 0.396 e. The van der Waals surface area contributed by atoms with E-state index in [9.17, 15) is 10.2 Å². The first-order valence-corrected chi connectivity index (χ1v) is 8.98. The molecular formula is C20H32O2. The first-order chi connectivity index (χ1) is 10.4. The summed E-state index contributed by atoms with van der Waals surface area (Å²) in [6.45, 7) is 11.0. The molecule has 0 saturated heterocycles. The molecule has 22 heavy (non-hydrogen) atoms. The van der Waals surface area contributed by atoms with Gasteiger partial charge in [0.25, 0.3) is 0 Å². The summed E-state index contributed by atoms with van der Waals surface area (Å²) in [5, 5.41) is 21.0. The smallest absolute Gasteiger partial charge is 0.0585 e. The van der Waals surface area contributed by atoms with Crippen molar-refractivity contribution in [2.75, 3.05) is 6.61 Å². The van der Waals surface area contributed by atoms with Gasteiger partial charge in [-0.3, -0.25) is 0 Å². The molecule has 3 rings (SSSR count). The number of rotatable bonds is 2. The molecule has 2 fully saturated rings. The molecule has 3 aliphatic rings. The van der Waals surface area contributed by atoms with Crippen LogP contribution in [0.4, 0.5) is 0 Å². The lowest BCUT2D eigenvalue weighted by atomic mass is 9.43. The summed E-state index contributed by atoms with van der Waals surface area (Å²) >= 11 is 0. The van der Waals surface area contributed by atoms with Crippen molar-refractivity contribution in [2.45, 2.75) is 65.4 Å². The molecule has 2 saturated carbocycles. The summed E-state index contributed by atoms with van der Waals surface area (Å²) in [4.78, 5) is 0. The fourth-order valence-electron chi connectivity index (χ4n) is 6.52. The highest BCUT2D eigenvalue weighted by molar-refractivity contribution is 5.30. The van der Waals surface area contributed by atoms with Crippen LogP contribution in [0, 0.1) is 28.6 Å². The van der Waals surface area contributed by atoms with Crippen LogP contribution < -0.4 is 0 Å². The summed E-state index contributed by atoms with van der Waals surface area (Å²) in [6.07, 6.45) is 8.36. The molecule has 6 atom stereocenters. The predicted molar refractivity (Wildman–Crippen MR) is 90.4 cm³/mol. The van der Waals surface area contributed by atoms with Crippen LogP contribution in [0.1, 0.15) is 59.3 Å². The van der Waals surface area contributed by atoms with E-state index in [1.807, 2.05) is 6.08 Å². The Morgan fingerprint density at radius 2 is 2.05 bits per heavy atom. The van der Waals surface area contributed by atoms with E-state index in [1.54, 1.807) is 0 Å². The molecule has 0 amide bonds. The van der Waals surface area contributed by atoms with Crippen molar-refractivity contribution >= 4 is 0 Å². The third-order valence-electron chi connectivity index (χ3n) is 7.53. The molecule has 2 heteroatoms. The van der Waals surface area contributed by atoms with Gasteiger partial charge in [-0.05, 0) is 73.2 Å². The Hall–Kier alpha value is -0.600. The Labute approximate surface area is 135 Å². The predicted octanol–water partition coefficient (Wildman–Crippen LogP) is 4.08. The second kappa shape index (κ2) is 5.49. The van der Waals surface area contributed by atoms with Crippen LogP contribution in [-0.4, -0.2) is 22.9 Å². The molecular weight excluding hydrogens is 272 g/mol. The summed E-state index contributed by atoms with van der Waals surface area (Å²) in [5.74, 6) is 1.38. The topological polar surface area (TPSA) is 40.5 Å². The van der Waals surface area contributed by atoms with Gasteiger partial charge in [0.1, 0.15) is 0 Å². The number of aliphatic hydroxyl groups excluding tert-OH is 2.